The second-order valence-corrected chi connectivity index (χ2v) is 8.59. The van der Waals surface area contributed by atoms with Crippen molar-refractivity contribution in [2.75, 3.05) is 18.1 Å². The summed E-state index contributed by atoms with van der Waals surface area (Å²) in [7, 11) is 0. The van der Waals surface area contributed by atoms with Crippen LogP contribution in [0.25, 0.3) is 11.0 Å². The van der Waals surface area contributed by atoms with E-state index in [9.17, 15) is 13.3 Å². The highest BCUT2D eigenvalue weighted by Crippen LogP contribution is 2.27. The lowest BCUT2D eigenvalue weighted by Gasteiger charge is -2.13. The number of aryl methyl sites for hydroxylation is 3. The van der Waals surface area contributed by atoms with Crippen molar-refractivity contribution >= 4 is 28.0 Å². The molecule has 3 aromatic rings. The summed E-state index contributed by atoms with van der Waals surface area (Å²) in [5.74, 6) is -0.0155. The zero-order chi connectivity index (χ0) is 21.8. The van der Waals surface area contributed by atoms with Crippen LogP contribution < -0.4 is 5.73 Å². The van der Waals surface area contributed by atoms with Crippen LogP contribution in [0, 0.1) is 25.5 Å². The number of fused-ring (bicyclic) bond motifs is 1. The largest absolute Gasteiger partial charge is 0.611 e. The van der Waals surface area contributed by atoms with Gasteiger partial charge in [-0.25, -0.2) is 18.7 Å². The van der Waals surface area contributed by atoms with Crippen molar-refractivity contribution in [1.29, 1.82) is 0 Å². The normalized spacial score (nSPS) is 12.6. The smallest absolute Gasteiger partial charge is 0.188 e. The highest BCUT2D eigenvalue weighted by molar-refractivity contribution is 7.91. The van der Waals surface area contributed by atoms with Crippen LogP contribution in [-0.4, -0.2) is 31.4 Å². The van der Waals surface area contributed by atoms with Crippen LogP contribution in [0.5, 0.6) is 0 Å². The van der Waals surface area contributed by atoms with E-state index in [1.165, 1.54) is 6.07 Å². The molecule has 0 spiro atoms. The Labute approximate surface area is 177 Å². The van der Waals surface area contributed by atoms with Gasteiger partial charge in [-0.2, -0.15) is 0 Å². The second kappa shape index (κ2) is 9.72. The van der Waals surface area contributed by atoms with Crippen LogP contribution in [0.2, 0.25) is 0 Å². The Morgan fingerprint density at radius 2 is 1.97 bits per heavy atom. The zero-order valence-electron chi connectivity index (χ0n) is 17.4. The van der Waals surface area contributed by atoms with Crippen LogP contribution in [0.4, 0.5) is 14.6 Å². The number of halogens is 2. The number of nitrogen functional groups attached to an aromatic ring is 1. The number of benzene rings is 1. The van der Waals surface area contributed by atoms with Gasteiger partial charge in [0.1, 0.15) is 29.5 Å². The lowest BCUT2D eigenvalue weighted by atomic mass is 10.2. The number of rotatable bonds is 9. The minimum atomic E-state index is -1.52. The summed E-state index contributed by atoms with van der Waals surface area (Å²) >= 11 is -1.52. The molecule has 0 radical (unpaired) electrons. The van der Waals surface area contributed by atoms with Gasteiger partial charge in [0.25, 0.3) is 0 Å². The van der Waals surface area contributed by atoms with Gasteiger partial charge in [-0.3, -0.25) is 0 Å². The number of aromatic nitrogens is 3. The fraction of sp³-hybridized carbons (Fsp3) is 0.429. The van der Waals surface area contributed by atoms with E-state index in [0.29, 0.717) is 43.9 Å². The fourth-order valence-corrected chi connectivity index (χ4v) is 4.55. The van der Waals surface area contributed by atoms with Gasteiger partial charge in [-0.1, -0.05) is 0 Å². The van der Waals surface area contributed by atoms with Crippen LogP contribution >= 0.6 is 0 Å². The van der Waals surface area contributed by atoms with E-state index in [1.807, 2.05) is 20.8 Å². The molecular weight excluding hydrogens is 410 g/mol. The van der Waals surface area contributed by atoms with Crippen molar-refractivity contribution in [1.82, 2.24) is 14.5 Å². The summed E-state index contributed by atoms with van der Waals surface area (Å²) in [6, 6.07) is 3.12. The second-order valence-electron chi connectivity index (χ2n) is 7.05. The standard InChI is InChI=1S/C21H26F2N4O2S/c1-4-29-12-18-26-19-20(13(2)14(3)25-21(19)24)27(18)9-5-6-10-30(28)17-8-7-15(22)11-16(17)23/h7-8,11H,4-6,9-10,12H2,1-3H3,(H2,24,25). The Bertz CT molecular complexity index is 1040. The van der Waals surface area contributed by atoms with Crippen LogP contribution in [0.15, 0.2) is 23.1 Å². The molecule has 3 rings (SSSR count). The number of unbranched alkanes of at least 4 members (excludes halogenated alkanes) is 1. The molecule has 0 saturated carbocycles. The van der Waals surface area contributed by atoms with Gasteiger partial charge in [0.15, 0.2) is 16.5 Å². The predicted molar refractivity (Wildman–Crippen MR) is 114 cm³/mol. The lowest BCUT2D eigenvalue weighted by Crippen LogP contribution is -2.12. The number of hydrogen-bond donors (Lipinski definition) is 1. The van der Waals surface area contributed by atoms with Gasteiger partial charge >= 0.3 is 0 Å². The first kappa shape index (κ1) is 22.5. The van der Waals surface area contributed by atoms with E-state index in [0.717, 1.165) is 34.7 Å². The molecule has 6 nitrogen and oxygen atoms in total. The van der Waals surface area contributed by atoms with Gasteiger partial charge in [0.2, 0.25) is 0 Å². The fourth-order valence-electron chi connectivity index (χ4n) is 3.36. The number of imidazole rings is 1. The third kappa shape index (κ3) is 4.74. The molecule has 2 N–H and O–H groups in total. The van der Waals surface area contributed by atoms with Crippen molar-refractivity contribution in [3.05, 3.63) is 46.9 Å². The van der Waals surface area contributed by atoms with Gasteiger partial charge in [0.05, 0.1) is 5.52 Å². The molecule has 1 atom stereocenters. The van der Waals surface area contributed by atoms with Crippen molar-refractivity contribution in [3.8, 4) is 0 Å². The quantitative estimate of drug-likeness (QED) is 0.404. The van der Waals surface area contributed by atoms with Crippen molar-refractivity contribution in [3.63, 3.8) is 0 Å². The van der Waals surface area contributed by atoms with Crippen molar-refractivity contribution in [2.24, 2.45) is 0 Å². The Morgan fingerprint density at radius 3 is 2.67 bits per heavy atom. The molecule has 162 valence electrons. The first-order valence-electron chi connectivity index (χ1n) is 9.86. The average Bonchev–Trinajstić information content (AvgIpc) is 3.06. The minimum Gasteiger partial charge on any atom is -0.611 e. The Balaban J connectivity index is 1.74. The summed E-state index contributed by atoms with van der Waals surface area (Å²) in [6.45, 7) is 7.37. The van der Waals surface area contributed by atoms with E-state index < -0.39 is 22.8 Å². The maximum atomic E-state index is 13.8. The van der Waals surface area contributed by atoms with Gasteiger partial charge < -0.3 is 19.6 Å². The summed E-state index contributed by atoms with van der Waals surface area (Å²) in [6.07, 6.45) is 1.32. The summed E-state index contributed by atoms with van der Waals surface area (Å²) in [5, 5.41) is 0. The third-order valence-electron chi connectivity index (χ3n) is 5.01. The lowest BCUT2D eigenvalue weighted by molar-refractivity contribution is 0.126. The van der Waals surface area contributed by atoms with E-state index >= 15 is 0 Å². The first-order valence-corrected chi connectivity index (χ1v) is 11.2. The summed E-state index contributed by atoms with van der Waals surface area (Å²) in [5.41, 5.74) is 9.53. The molecule has 0 aliphatic heterocycles. The topological polar surface area (TPSA) is 89.0 Å². The molecule has 0 aliphatic carbocycles. The van der Waals surface area contributed by atoms with E-state index in [-0.39, 0.29) is 10.6 Å². The first-order chi connectivity index (χ1) is 14.3. The molecule has 9 heteroatoms. The highest BCUT2D eigenvalue weighted by atomic mass is 32.2. The molecule has 2 heterocycles. The average molecular weight is 437 g/mol. The van der Waals surface area contributed by atoms with E-state index in [1.54, 1.807) is 0 Å². The number of nitrogens with two attached hydrogens (primary N) is 1. The molecule has 2 aromatic heterocycles. The number of pyridine rings is 1. The van der Waals surface area contributed by atoms with Crippen molar-refractivity contribution in [2.45, 2.75) is 51.7 Å². The molecule has 0 amide bonds. The molecule has 0 bridgehead atoms. The number of hydrogen-bond acceptors (Lipinski definition) is 5. The molecule has 0 saturated heterocycles. The number of anilines is 1. The molecule has 0 aliphatic rings. The number of ether oxygens (including phenoxy) is 1. The summed E-state index contributed by atoms with van der Waals surface area (Å²) in [4.78, 5) is 9.03. The maximum absolute atomic E-state index is 13.8. The van der Waals surface area contributed by atoms with Crippen molar-refractivity contribution < 1.29 is 18.1 Å². The van der Waals surface area contributed by atoms with Gasteiger partial charge in [0, 0.05) is 24.9 Å². The molecule has 30 heavy (non-hydrogen) atoms. The van der Waals surface area contributed by atoms with Crippen LogP contribution in [0.1, 0.15) is 36.8 Å². The zero-order valence-corrected chi connectivity index (χ0v) is 18.2. The SMILES string of the molecule is CCOCc1nc2c(N)nc(C)c(C)c2n1CCCC[S+]([O-])c1ccc(F)cc1F. The van der Waals surface area contributed by atoms with Gasteiger partial charge in [-0.15, -0.1) is 0 Å². The van der Waals surface area contributed by atoms with Crippen LogP contribution in [-0.2, 0) is 29.1 Å². The molecule has 1 aromatic carbocycles. The Kier molecular flexibility index (Phi) is 7.27. The monoisotopic (exact) mass is 436 g/mol. The number of nitrogens with zero attached hydrogens (tertiary/aromatic N) is 3. The maximum Gasteiger partial charge on any atom is 0.188 e. The Hall–Kier alpha value is -2.23. The Morgan fingerprint density at radius 1 is 1.20 bits per heavy atom. The van der Waals surface area contributed by atoms with Gasteiger partial charge in [-0.05, 0) is 62.5 Å². The molecule has 0 fully saturated rings. The summed E-state index contributed by atoms with van der Waals surface area (Å²) < 4.78 is 46.9. The molecular formula is C21H26F2N4O2S. The van der Waals surface area contributed by atoms with Crippen LogP contribution in [0.3, 0.4) is 0 Å². The van der Waals surface area contributed by atoms with E-state index in [4.69, 9.17) is 10.5 Å². The highest BCUT2D eigenvalue weighted by Gasteiger charge is 2.19. The van der Waals surface area contributed by atoms with E-state index in [2.05, 4.69) is 14.5 Å². The minimum absolute atomic E-state index is 0.0341. The predicted octanol–water partition coefficient (Wildman–Crippen LogP) is 4.03. The third-order valence-corrected chi connectivity index (χ3v) is 6.49. The molecule has 1 unspecified atom stereocenters.